The maximum Gasteiger partial charge on any atom is 0.225 e. The van der Waals surface area contributed by atoms with Gasteiger partial charge in [-0.05, 0) is 63.4 Å². The summed E-state index contributed by atoms with van der Waals surface area (Å²) in [5.41, 5.74) is 3.50. The Morgan fingerprint density at radius 3 is 2.42 bits per heavy atom. The summed E-state index contributed by atoms with van der Waals surface area (Å²) in [6.07, 6.45) is 7.82. The molecule has 0 unspecified atom stereocenters. The third-order valence-corrected chi connectivity index (χ3v) is 5.95. The van der Waals surface area contributed by atoms with E-state index in [2.05, 4.69) is 47.6 Å². The molecule has 0 aromatic heterocycles. The summed E-state index contributed by atoms with van der Waals surface area (Å²) in [5.74, 6) is 0.666. The molecular weight excluding hydrogens is 342 g/mol. The zero-order chi connectivity index (χ0) is 18.5. The largest absolute Gasteiger partial charge is 0.360 e. The normalized spacial score (nSPS) is 19.2. The molecule has 0 bridgehead atoms. The standard InChI is InChI=1S/C21H31N3OS/c1-15-8-9-19(16(2)14-15)23-21(26)22-18-10-12-24(13-11-18)20(25)17-6-4-3-5-7-17/h8-9,14,17-18H,3-7,10-13H2,1-2H3,(H2,22,23,26). The van der Waals surface area contributed by atoms with Gasteiger partial charge in [-0.3, -0.25) is 4.79 Å². The van der Waals surface area contributed by atoms with Gasteiger partial charge in [-0.2, -0.15) is 0 Å². The van der Waals surface area contributed by atoms with E-state index in [0.717, 1.165) is 44.5 Å². The molecule has 1 aromatic rings. The third kappa shape index (κ3) is 4.97. The Labute approximate surface area is 162 Å². The number of likely N-dealkylation sites (tertiary alicyclic amines) is 1. The van der Waals surface area contributed by atoms with Crippen molar-refractivity contribution >= 4 is 28.9 Å². The van der Waals surface area contributed by atoms with Crippen LogP contribution in [-0.4, -0.2) is 35.1 Å². The number of thiocarbonyl (C=S) groups is 1. The van der Waals surface area contributed by atoms with Crippen molar-refractivity contribution in [2.24, 2.45) is 5.92 Å². The Morgan fingerprint density at radius 2 is 1.77 bits per heavy atom. The molecule has 0 atom stereocenters. The van der Waals surface area contributed by atoms with E-state index >= 15 is 0 Å². The van der Waals surface area contributed by atoms with Crippen molar-refractivity contribution in [2.45, 2.75) is 64.8 Å². The zero-order valence-electron chi connectivity index (χ0n) is 16.0. The van der Waals surface area contributed by atoms with Crippen molar-refractivity contribution in [3.63, 3.8) is 0 Å². The number of piperidine rings is 1. The second kappa shape index (κ2) is 8.85. The van der Waals surface area contributed by atoms with Crippen molar-refractivity contribution in [1.29, 1.82) is 0 Å². The molecule has 0 spiro atoms. The number of aryl methyl sites for hydroxylation is 2. The smallest absolute Gasteiger partial charge is 0.225 e. The van der Waals surface area contributed by atoms with Gasteiger partial charge in [0, 0.05) is 30.7 Å². The Hall–Kier alpha value is -1.62. The van der Waals surface area contributed by atoms with Gasteiger partial charge in [0.05, 0.1) is 0 Å². The summed E-state index contributed by atoms with van der Waals surface area (Å²) in [5, 5.41) is 7.42. The SMILES string of the molecule is Cc1ccc(NC(=S)NC2CCN(C(=O)C3CCCCC3)CC2)c(C)c1. The summed E-state index contributed by atoms with van der Waals surface area (Å²) in [6, 6.07) is 6.66. The van der Waals surface area contributed by atoms with Crippen LogP contribution in [0.4, 0.5) is 5.69 Å². The molecule has 0 radical (unpaired) electrons. The average molecular weight is 374 g/mol. The first-order chi connectivity index (χ1) is 12.5. The van der Waals surface area contributed by atoms with Crippen molar-refractivity contribution in [3.8, 4) is 0 Å². The zero-order valence-corrected chi connectivity index (χ0v) is 16.8. The summed E-state index contributed by atoms with van der Waals surface area (Å²) < 4.78 is 0. The highest BCUT2D eigenvalue weighted by molar-refractivity contribution is 7.80. The molecule has 4 nitrogen and oxygen atoms in total. The first-order valence-electron chi connectivity index (χ1n) is 9.96. The van der Waals surface area contributed by atoms with E-state index in [-0.39, 0.29) is 5.92 Å². The lowest BCUT2D eigenvalue weighted by Crippen LogP contribution is -2.49. The fourth-order valence-electron chi connectivity index (χ4n) is 4.15. The molecule has 1 heterocycles. The molecule has 2 N–H and O–H groups in total. The van der Waals surface area contributed by atoms with Crippen molar-refractivity contribution < 1.29 is 4.79 Å². The van der Waals surface area contributed by atoms with Crippen LogP contribution >= 0.6 is 12.2 Å². The topological polar surface area (TPSA) is 44.4 Å². The van der Waals surface area contributed by atoms with Crippen molar-refractivity contribution in [3.05, 3.63) is 29.3 Å². The highest BCUT2D eigenvalue weighted by atomic mass is 32.1. The van der Waals surface area contributed by atoms with Crippen LogP contribution in [0.3, 0.4) is 0 Å². The minimum absolute atomic E-state index is 0.278. The number of carbonyl (C=O) groups is 1. The number of carbonyl (C=O) groups excluding carboxylic acids is 1. The Balaban J connectivity index is 1.44. The Morgan fingerprint density at radius 1 is 1.08 bits per heavy atom. The molecule has 2 aliphatic rings. The highest BCUT2D eigenvalue weighted by Crippen LogP contribution is 2.26. The van der Waals surface area contributed by atoms with Gasteiger partial charge < -0.3 is 15.5 Å². The highest BCUT2D eigenvalue weighted by Gasteiger charge is 2.29. The molecule has 142 valence electrons. The lowest BCUT2D eigenvalue weighted by Gasteiger charge is -2.35. The van der Waals surface area contributed by atoms with Crippen LogP contribution < -0.4 is 10.6 Å². The lowest BCUT2D eigenvalue weighted by molar-refractivity contribution is -0.137. The molecule has 1 aliphatic carbocycles. The molecule has 3 rings (SSSR count). The number of hydrogen-bond donors (Lipinski definition) is 2. The van der Waals surface area contributed by atoms with Gasteiger partial charge in [0.25, 0.3) is 0 Å². The van der Waals surface area contributed by atoms with Gasteiger partial charge in [0.15, 0.2) is 5.11 Å². The number of anilines is 1. The van der Waals surface area contributed by atoms with E-state index in [1.54, 1.807) is 0 Å². The molecule has 26 heavy (non-hydrogen) atoms. The van der Waals surface area contributed by atoms with Gasteiger partial charge in [-0.15, -0.1) is 0 Å². The predicted molar refractivity (Wildman–Crippen MR) is 111 cm³/mol. The van der Waals surface area contributed by atoms with E-state index in [0.29, 0.717) is 17.1 Å². The quantitative estimate of drug-likeness (QED) is 0.781. The Kier molecular flexibility index (Phi) is 6.52. The number of rotatable bonds is 3. The molecule has 5 heteroatoms. The number of nitrogens with zero attached hydrogens (tertiary/aromatic N) is 1. The summed E-state index contributed by atoms with van der Waals surface area (Å²) in [4.78, 5) is 14.7. The third-order valence-electron chi connectivity index (χ3n) is 5.73. The monoisotopic (exact) mass is 373 g/mol. The summed E-state index contributed by atoms with van der Waals surface area (Å²) >= 11 is 5.49. The molecule has 2 fully saturated rings. The first kappa shape index (κ1) is 19.2. The van der Waals surface area contributed by atoms with Gasteiger partial charge in [-0.25, -0.2) is 0 Å². The molecular formula is C21H31N3OS. The number of benzene rings is 1. The molecule has 1 aliphatic heterocycles. The van der Waals surface area contributed by atoms with Crippen LogP contribution in [0.2, 0.25) is 0 Å². The van der Waals surface area contributed by atoms with Crippen LogP contribution in [0.5, 0.6) is 0 Å². The van der Waals surface area contributed by atoms with Gasteiger partial charge in [-0.1, -0.05) is 37.0 Å². The fraction of sp³-hybridized carbons (Fsp3) is 0.619. The second-order valence-corrected chi connectivity index (χ2v) is 8.26. The number of nitrogens with one attached hydrogen (secondary N) is 2. The molecule has 1 aromatic carbocycles. The maximum absolute atomic E-state index is 12.7. The fourth-order valence-corrected chi connectivity index (χ4v) is 4.43. The average Bonchev–Trinajstić information content (AvgIpc) is 2.65. The van der Waals surface area contributed by atoms with E-state index in [1.165, 1.54) is 30.4 Å². The minimum Gasteiger partial charge on any atom is -0.360 e. The van der Waals surface area contributed by atoms with Crippen LogP contribution in [0.25, 0.3) is 0 Å². The maximum atomic E-state index is 12.7. The van der Waals surface area contributed by atoms with E-state index in [9.17, 15) is 4.79 Å². The molecule has 1 amide bonds. The lowest BCUT2D eigenvalue weighted by atomic mass is 9.87. The van der Waals surface area contributed by atoms with Crippen molar-refractivity contribution in [1.82, 2.24) is 10.2 Å². The summed E-state index contributed by atoms with van der Waals surface area (Å²) in [7, 11) is 0. The van der Waals surface area contributed by atoms with Crippen LogP contribution in [0, 0.1) is 19.8 Å². The minimum atomic E-state index is 0.278. The van der Waals surface area contributed by atoms with Gasteiger partial charge in [0.2, 0.25) is 5.91 Å². The van der Waals surface area contributed by atoms with Gasteiger partial charge in [0.1, 0.15) is 0 Å². The van der Waals surface area contributed by atoms with Gasteiger partial charge >= 0.3 is 0 Å². The predicted octanol–water partition coefficient (Wildman–Crippen LogP) is 4.16. The molecule has 1 saturated heterocycles. The van der Waals surface area contributed by atoms with Crippen LogP contribution in [-0.2, 0) is 4.79 Å². The first-order valence-corrected chi connectivity index (χ1v) is 10.4. The van der Waals surface area contributed by atoms with E-state index in [4.69, 9.17) is 12.2 Å². The van der Waals surface area contributed by atoms with Crippen LogP contribution in [0.1, 0.15) is 56.1 Å². The van der Waals surface area contributed by atoms with E-state index < -0.39 is 0 Å². The molecule has 1 saturated carbocycles. The van der Waals surface area contributed by atoms with E-state index in [1.807, 2.05) is 0 Å². The number of amides is 1. The summed E-state index contributed by atoms with van der Waals surface area (Å²) in [6.45, 7) is 5.88. The van der Waals surface area contributed by atoms with Crippen molar-refractivity contribution in [2.75, 3.05) is 18.4 Å². The second-order valence-electron chi connectivity index (χ2n) is 7.85. The Bertz CT molecular complexity index is 647. The van der Waals surface area contributed by atoms with Crippen LogP contribution in [0.15, 0.2) is 18.2 Å². The number of hydrogen-bond acceptors (Lipinski definition) is 2.